The van der Waals surface area contributed by atoms with E-state index in [2.05, 4.69) is 9.97 Å². The fourth-order valence-corrected chi connectivity index (χ4v) is 7.47. The van der Waals surface area contributed by atoms with E-state index in [0.29, 0.717) is 44.4 Å². The summed E-state index contributed by atoms with van der Waals surface area (Å²) in [6.07, 6.45) is 1.55. The number of aromatic amines is 1. The number of hydrogen-bond donors (Lipinski definition) is 1. The molecule has 0 radical (unpaired) electrons. The third-order valence-electron chi connectivity index (χ3n) is 7.62. The molecule has 2 aliphatic rings. The van der Waals surface area contributed by atoms with Crippen LogP contribution in [-0.4, -0.2) is 38.8 Å². The molecule has 0 saturated carbocycles. The molecule has 5 aromatic rings. The van der Waals surface area contributed by atoms with Crippen LogP contribution in [0.4, 0.5) is 5.69 Å². The fourth-order valence-electron chi connectivity index (χ4n) is 5.55. The van der Waals surface area contributed by atoms with E-state index < -0.39 is 22.5 Å². The summed E-state index contributed by atoms with van der Waals surface area (Å²) in [4.78, 5) is 63.7. The van der Waals surface area contributed by atoms with Gasteiger partial charge in [0, 0.05) is 23.4 Å². The van der Waals surface area contributed by atoms with Crippen LogP contribution in [0, 0.1) is 17.0 Å². The molecular formula is C34H25N5O8S2. The lowest BCUT2D eigenvalue weighted by Crippen LogP contribution is -2.40. The second-order valence-corrected chi connectivity index (χ2v) is 12.9. The number of fused-ring (bicyclic) bond motifs is 2. The Kier molecular flexibility index (Phi) is 8.44. The van der Waals surface area contributed by atoms with E-state index in [-0.39, 0.29) is 44.8 Å². The zero-order valence-corrected chi connectivity index (χ0v) is 27.5. The zero-order valence-electron chi connectivity index (χ0n) is 25.9. The maximum absolute atomic E-state index is 14.3. The van der Waals surface area contributed by atoms with Gasteiger partial charge in [-0.1, -0.05) is 53.8 Å². The van der Waals surface area contributed by atoms with Gasteiger partial charge in [-0.25, -0.2) is 14.8 Å². The minimum absolute atomic E-state index is 0.0419. The molecule has 2 aromatic heterocycles. The lowest BCUT2D eigenvalue weighted by molar-refractivity contribution is -0.387. The minimum Gasteiger partial charge on any atom is -0.463 e. The van der Waals surface area contributed by atoms with Crippen molar-refractivity contribution < 1.29 is 23.9 Å². The number of nitrogens with one attached hydrogen (secondary N) is 1. The summed E-state index contributed by atoms with van der Waals surface area (Å²) >= 11 is 2.05. The number of H-pyrrole nitrogens is 1. The molecule has 0 amide bonds. The van der Waals surface area contributed by atoms with Gasteiger partial charge >= 0.3 is 5.97 Å². The second kappa shape index (κ2) is 13.0. The molecule has 246 valence electrons. The molecule has 0 bridgehead atoms. The minimum atomic E-state index is -0.945. The van der Waals surface area contributed by atoms with Gasteiger partial charge in [-0.2, -0.15) is 0 Å². The SMILES string of the molecule is CCOC(=O)C1=C(c2ccccc2)N=c2s/c(=C/c3ccc(Sc4nc(C)cc(=O)[nH]4)c([N+](=O)[O-])c3)c(=O)n2[C@@H]1c1ccc2c(c1)OCO2. The highest BCUT2D eigenvalue weighted by atomic mass is 32.2. The Balaban J connectivity index is 1.40. The van der Waals surface area contributed by atoms with Gasteiger partial charge < -0.3 is 19.2 Å². The van der Waals surface area contributed by atoms with Crippen LogP contribution in [0.3, 0.4) is 0 Å². The van der Waals surface area contributed by atoms with Crippen molar-refractivity contribution >= 4 is 46.5 Å². The quantitative estimate of drug-likeness (QED) is 0.108. The molecule has 49 heavy (non-hydrogen) atoms. The fraction of sp³-hybridized carbons (Fsp3) is 0.147. The largest absolute Gasteiger partial charge is 0.463 e. The van der Waals surface area contributed by atoms with Gasteiger partial charge in [0.25, 0.3) is 16.8 Å². The van der Waals surface area contributed by atoms with Gasteiger partial charge in [-0.3, -0.25) is 24.3 Å². The molecule has 0 aliphatic carbocycles. The lowest BCUT2D eigenvalue weighted by Gasteiger charge is -2.26. The van der Waals surface area contributed by atoms with Crippen molar-refractivity contribution in [1.29, 1.82) is 0 Å². The first kappa shape index (κ1) is 31.8. The number of nitrogens with zero attached hydrogens (tertiary/aromatic N) is 4. The molecule has 7 rings (SSSR count). The summed E-state index contributed by atoms with van der Waals surface area (Å²) in [7, 11) is 0. The summed E-state index contributed by atoms with van der Waals surface area (Å²) in [5.74, 6) is 0.375. The van der Waals surface area contributed by atoms with Crippen LogP contribution >= 0.6 is 23.1 Å². The van der Waals surface area contributed by atoms with Gasteiger partial charge in [0.15, 0.2) is 21.5 Å². The number of hydrogen-bond acceptors (Lipinski definition) is 12. The van der Waals surface area contributed by atoms with Crippen molar-refractivity contribution in [3.05, 3.63) is 141 Å². The Bertz CT molecular complexity index is 2440. The predicted octanol–water partition coefficient (Wildman–Crippen LogP) is 4.12. The highest BCUT2D eigenvalue weighted by Gasteiger charge is 2.36. The summed E-state index contributed by atoms with van der Waals surface area (Å²) in [6.45, 7) is 3.50. The van der Waals surface area contributed by atoms with Gasteiger partial charge in [0.1, 0.15) is 0 Å². The molecule has 15 heteroatoms. The van der Waals surface area contributed by atoms with Crippen molar-refractivity contribution in [2.45, 2.75) is 29.9 Å². The van der Waals surface area contributed by atoms with E-state index in [9.17, 15) is 24.5 Å². The van der Waals surface area contributed by atoms with E-state index in [0.717, 1.165) is 23.1 Å². The average Bonchev–Trinajstić information content (AvgIpc) is 3.68. The normalized spacial score (nSPS) is 15.1. The number of carbonyl (C=O) groups is 1. The highest BCUT2D eigenvalue weighted by Crippen LogP contribution is 2.40. The van der Waals surface area contributed by atoms with Gasteiger partial charge in [0.2, 0.25) is 6.79 Å². The van der Waals surface area contributed by atoms with Gasteiger partial charge in [0.05, 0.1) is 38.3 Å². The van der Waals surface area contributed by atoms with Gasteiger partial charge in [-0.15, -0.1) is 0 Å². The number of nitro benzene ring substituents is 1. The molecule has 3 aromatic carbocycles. The molecule has 1 N–H and O–H groups in total. The average molecular weight is 696 g/mol. The van der Waals surface area contributed by atoms with Crippen molar-refractivity contribution in [3.8, 4) is 11.5 Å². The molecule has 0 spiro atoms. The number of rotatable bonds is 8. The molecule has 0 unspecified atom stereocenters. The second-order valence-electron chi connectivity index (χ2n) is 10.8. The number of aromatic nitrogens is 3. The smallest absolute Gasteiger partial charge is 0.338 e. The third-order valence-corrected chi connectivity index (χ3v) is 9.55. The molecule has 0 saturated heterocycles. The number of esters is 1. The van der Waals surface area contributed by atoms with Crippen molar-refractivity contribution in [1.82, 2.24) is 14.5 Å². The number of thiazole rings is 1. The first-order chi connectivity index (χ1) is 23.7. The monoisotopic (exact) mass is 695 g/mol. The summed E-state index contributed by atoms with van der Waals surface area (Å²) in [5, 5.41) is 12.3. The van der Waals surface area contributed by atoms with E-state index >= 15 is 0 Å². The Labute approximate surface area is 285 Å². The van der Waals surface area contributed by atoms with Crippen LogP contribution in [0.15, 0.2) is 103 Å². The summed E-state index contributed by atoms with van der Waals surface area (Å²) in [6, 6.07) is 19.3. The highest BCUT2D eigenvalue weighted by molar-refractivity contribution is 7.99. The van der Waals surface area contributed by atoms with Crippen molar-refractivity contribution in [2.24, 2.45) is 4.99 Å². The Morgan fingerprint density at radius 2 is 1.92 bits per heavy atom. The Morgan fingerprint density at radius 3 is 2.67 bits per heavy atom. The van der Waals surface area contributed by atoms with Crippen LogP contribution in [0.2, 0.25) is 0 Å². The summed E-state index contributed by atoms with van der Waals surface area (Å²) in [5.41, 5.74) is 1.56. The molecule has 0 fully saturated rings. The first-order valence-electron chi connectivity index (χ1n) is 14.9. The van der Waals surface area contributed by atoms with E-state index in [1.165, 1.54) is 22.8 Å². The Morgan fingerprint density at radius 1 is 1.12 bits per heavy atom. The maximum atomic E-state index is 14.3. The van der Waals surface area contributed by atoms with E-state index in [1.54, 1.807) is 44.2 Å². The standard InChI is InChI=1S/C34H25N5O8S2/c1-3-45-32(42)28-29(20-7-5-4-6-8-20)37-34-38(30(28)21-10-11-23-24(16-21)47-17-46-23)31(41)26(49-34)15-19-9-12-25(22(14-19)39(43)44)48-33-35-18(2)13-27(40)36-33/h4-16,30H,3,17H2,1-2H3,(H,35,36,40)/b26-15+/t30-/m1/s1. The summed E-state index contributed by atoms with van der Waals surface area (Å²) < 4.78 is 18.3. The van der Waals surface area contributed by atoms with E-state index in [4.69, 9.17) is 19.2 Å². The van der Waals surface area contributed by atoms with Crippen LogP contribution in [-0.2, 0) is 9.53 Å². The van der Waals surface area contributed by atoms with Crippen LogP contribution < -0.4 is 29.9 Å². The number of aryl methyl sites for hydroxylation is 1. The lowest BCUT2D eigenvalue weighted by atomic mass is 9.93. The molecule has 4 heterocycles. The van der Waals surface area contributed by atoms with E-state index in [1.807, 2.05) is 30.3 Å². The van der Waals surface area contributed by atoms with Crippen molar-refractivity contribution in [2.75, 3.05) is 13.4 Å². The molecule has 13 nitrogen and oxygen atoms in total. The third kappa shape index (κ3) is 6.16. The zero-order chi connectivity index (χ0) is 34.2. The predicted molar refractivity (Wildman–Crippen MR) is 180 cm³/mol. The number of benzene rings is 3. The topological polar surface area (TPSA) is 168 Å². The molecule has 1 atom stereocenters. The maximum Gasteiger partial charge on any atom is 0.338 e. The number of ether oxygens (including phenoxy) is 3. The number of carbonyl (C=O) groups excluding carboxylic acids is 1. The Hall–Kier alpha value is -5.80. The molecule has 2 aliphatic heterocycles. The van der Waals surface area contributed by atoms with Crippen LogP contribution in [0.5, 0.6) is 11.5 Å². The van der Waals surface area contributed by atoms with Crippen LogP contribution in [0.25, 0.3) is 11.8 Å². The van der Waals surface area contributed by atoms with Gasteiger partial charge in [-0.05, 0) is 61.0 Å². The molecular weight excluding hydrogens is 671 g/mol. The van der Waals surface area contributed by atoms with Crippen molar-refractivity contribution in [3.63, 3.8) is 0 Å². The first-order valence-corrected chi connectivity index (χ1v) is 16.6. The van der Waals surface area contributed by atoms with Crippen LogP contribution in [0.1, 0.15) is 35.3 Å². The number of nitro groups is 1.